The maximum atomic E-state index is 10.6. The molecular formula is C15H21NO2S. The molecule has 1 heterocycles. The molecule has 1 aliphatic heterocycles. The molecule has 1 aromatic rings. The second-order valence-corrected chi connectivity index (χ2v) is 6.17. The van der Waals surface area contributed by atoms with Crippen molar-refractivity contribution in [3.63, 3.8) is 0 Å². The molecule has 3 nitrogen and oxygen atoms in total. The first-order valence-electron chi connectivity index (χ1n) is 6.72. The van der Waals surface area contributed by atoms with Crippen LogP contribution in [0.15, 0.2) is 29.2 Å². The SMILES string of the molecule is CC(C)N1CCOC(CSc2ccc(C=O)cc2)C1. The Morgan fingerprint density at radius 1 is 1.42 bits per heavy atom. The predicted molar refractivity (Wildman–Crippen MR) is 79.0 cm³/mol. The number of rotatable bonds is 5. The van der Waals surface area contributed by atoms with Gasteiger partial charge in [-0.2, -0.15) is 0 Å². The van der Waals surface area contributed by atoms with Crippen molar-refractivity contribution in [3.05, 3.63) is 29.8 Å². The predicted octanol–water partition coefficient (Wildman–Crippen LogP) is 2.70. The molecule has 0 bridgehead atoms. The van der Waals surface area contributed by atoms with Gasteiger partial charge in [-0.25, -0.2) is 0 Å². The normalized spacial score (nSPS) is 20.7. The standard InChI is InChI=1S/C15H21NO2S/c1-12(2)16-7-8-18-14(9-16)11-19-15-5-3-13(10-17)4-6-15/h3-6,10,12,14H,7-9,11H2,1-2H3. The highest BCUT2D eigenvalue weighted by molar-refractivity contribution is 7.99. The van der Waals surface area contributed by atoms with Crippen molar-refractivity contribution in [2.24, 2.45) is 0 Å². The monoisotopic (exact) mass is 279 g/mol. The smallest absolute Gasteiger partial charge is 0.150 e. The summed E-state index contributed by atoms with van der Waals surface area (Å²) >= 11 is 1.79. The van der Waals surface area contributed by atoms with Gasteiger partial charge in [0.2, 0.25) is 0 Å². The third-order valence-electron chi connectivity index (χ3n) is 3.35. The molecule has 1 saturated heterocycles. The quantitative estimate of drug-likeness (QED) is 0.612. The van der Waals surface area contributed by atoms with Gasteiger partial charge < -0.3 is 4.74 Å². The van der Waals surface area contributed by atoms with E-state index in [1.807, 2.05) is 24.3 Å². The third-order valence-corrected chi connectivity index (χ3v) is 4.50. The van der Waals surface area contributed by atoms with Crippen molar-refractivity contribution in [3.8, 4) is 0 Å². The van der Waals surface area contributed by atoms with Crippen molar-refractivity contribution in [2.45, 2.75) is 30.9 Å². The van der Waals surface area contributed by atoms with Crippen LogP contribution >= 0.6 is 11.8 Å². The zero-order valence-electron chi connectivity index (χ0n) is 11.5. The van der Waals surface area contributed by atoms with E-state index in [1.54, 1.807) is 11.8 Å². The van der Waals surface area contributed by atoms with Gasteiger partial charge in [0.25, 0.3) is 0 Å². The van der Waals surface area contributed by atoms with Crippen LogP contribution in [-0.2, 0) is 4.74 Å². The fourth-order valence-corrected chi connectivity index (χ4v) is 3.05. The first kappa shape index (κ1) is 14.6. The number of carbonyl (C=O) groups is 1. The van der Waals surface area contributed by atoms with Gasteiger partial charge in [0.15, 0.2) is 0 Å². The van der Waals surface area contributed by atoms with E-state index in [4.69, 9.17) is 4.74 Å². The molecule has 4 heteroatoms. The van der Waals surface area contributed by atoms with Gasteiger partial charge in [-0.15, -0.1) is 11.8 Å². The Labute approximate surface area is 119 Å². The van der Waals surface area contributed by atoms with Crippen LogP contribution in [0.2, 0.25) is 0 Å². The lowest BCUT2D eigenvalue weighted by atomic mass is 10.2. The maximum Gasteiger partial charge on any atom is 0.150 e. The van der Waals surface area contributed by atoms with E-state index in [9.17, 15) is 4.79 Å². The van der Waals surface area contributed by atoms with Crippen LogP contribution < -0.4 is 0 Å². The molecule has 1 fully saturated rings. The lowest BCUT2D eigenvalue weighted by molar-refractivity contribution is -0.0265. The number of thioether (sulfide) groups is 1. The molecule has 104 valence electrons. The molecular weight excluding hydrogens is 258 g/mol. The minimum atomic E-state index is 0.298. The molecule has 0 aliphatic carbocycles. The molecule has 2 rings (SSSR count). The van der Waals surface area contributed by atoms with E-state index in [2.05, 4.69) is 18.7 Å². The number of benzene rings is 1. The average Bonchev–Trinajstić information content (AvgIpc) is 2.46. The lowest BCUT2D eigenvalue weighted by Crippen LogP contribution is -2.46. The van der Waals surface area contributed by atoms with Crippen LogP contribution in [0.1, 0.15) is 24.2 Å². The van der Waals surface area contributed by atoms with Crippen molar-refractivity contribution in [1.82, 2.24) is 4.90 Å². The first-order chi connectivity index (χ1) is 9.19. The highest BCUT2D eigenvalue weighted by Crippen LogP contribution is 2.21. The van der Waals surface area contributed by atoms with Gasteiger partial charge in [0.05, 0.1) is 12.7 Å². The summed E-state index contributed by atoms with van der Waals surface area (Å²) in [5, 5.41) is 0. The van der Waals surface area contributed by atoms with Gasteiger partial charge >= 0.3 is 0 Å². The molecule has 0 radical (unpaired) electrons. The molecule has 0 aromatic heterocycles. The number of morpholine rings is 1. The minimum Gasteiger partial charge on any atom is -0.375 e. The number of ether oxygens (including phenoxy) is 1. The molecule has 0 saturated carbocycles. The molecule has 0 spiro atoms. The average molecular weight is 279 g/mol. The second-order valence-electron chi connectivity index (χ2n) is 5.08. The zero-order chi connectivity index (χ0) is 13.7. The van der Waals surface area contributed by atoms with Gasteiger partial charge in [-0.05, 0) is 26.0 Å². The van der Waals surface area contributed by atoms with Crippen LogP contribution in [0.25, 0.3) is 0 Å². The van der Waals surface area contributed by atoms with Gasteiger partial charge in [0, 0.05) is 35.3 Å². The topological polar surface area (TPSA) is 29.5 Å². The Morgan fingerprint density at radius 2 is 2.16 bits per heavy atom. The zero-order valence-corrected chi connectivity index (χ0v) is 12.4. The van der Waals surface area contributed by atoms with Gasteiger partial charge in [-0.3, -0.25) is 9.69 Å². The van der Waals surface area contributed by atoms with E-state index in [0.717, 1.165) is 37.3 Å². The Hall–Kier alpha value is -0.840. The van der Waals surface area contributed by atoms with Crippen molar-refractivity contribution in [2.75, 3.05) is 25.4 Å². The molecule has 1 atom stereocenters. The highest BCUT2D eigenvalue weighted by Gasteiger charge is 2.22. The van der Waals surface area contributed by atoms with E-state index >= 15 is 0 Å². The van der Waals surface area contributed by atoms with Crippen LogP contribution in [0.5, 0.6) is 0 Å². The molecule has 0 N–H and O–H groups in total. The summed E-state index contributed by atoms with van der Waals surface area (Å²) < 4.78 is 5.81. The van der Waals surface area contributed by atoms with Gasteiger partial charge in [0.1, 0.15) is 6.29 Å². The summed E-state index contributed by atoms with van der Waals surface area (Å²) in [4.78, 5) is 14.2. The summed E-state index contributed by atoms with van der Waals surface area (Å²) in [6.07, 6.45) is 1.17. The van der Waals surface area contributed by atoms with Crippen LogP contribution in [0.3, 0.4) is 0 Å². The van der Waals surface area contributed by atoms with Crippen LogP contribution in [0.4, 0.5) is 0 Å². The third kappa shape index (κ3) is 4.34. The molecule has 1 aliphatic rings. The number of aldehydes is 1. The van der Waals surface area contributed by atoms with Crippen molar-refractivity contribution >= 4 is 18.0 Å². The fourth-order valence-electron chi connectivity index (χ4n) is 2.14. The summed E-state index contributed by atoms with van der Waals surface area (Å²) in [5.41, 5.74) is 0.726. The number of nitrogens with zero attached hydrogens (tertiary/aromatic N) is 1. The van der Waals surface area contributed by atoms with Crippen LogP contribution in [0, 0.1) is 0 Å². The van der Waals surface area contributed by atoms with Gasteiger partial charge in [-0.1, -0.05) is 12.1 Å². The van der Waals surface area contributed by atoms with E-state index in [-0.39, 0.29) is 0 Å². The molecule has 1 aromatic carbocycles. The summed E-state index contributed by atoms with van der Waals surface area (Å²) in [7, 11) is 0. The number of hydrogen-bond donors (Lipinski definition) is 0. The number of hydrogen-bond acceptors (Lipinski definition) is 4. The summed E-state index contributed by atoms with van der Waals surface area (Å²) in [6.45, 7) is 7.33. The van der Waals surface area contributed by atoms with E-state index in [0.29, 0.717) is 12.1 Å². The fraction of sp³-hybridized carbons (Fsp3) is 0.533. The molecule has 1 unspecified atom stereocenters. The summed E-state index contributed by atoms with van der Waals surface area (Å²) in [5.74, 6) is 0.962. The van der Waals surface area contributed by atoms with Crippen LogP contribution in [-0.4, -0.2) is 48.8 Å². The number of carbonyl (C=O) groups excluding carboxylic acids is 1. The first-order valence-corrected chi connectivity index (χ1v) is 7.71. The lowest BCUT2D eigenvalue weighted by Gasteiger charge is -2.35. The van der Waals surface area contributed by atoms with E-state index in [1.165, 1.54) is 4.90 Å². The Morgan fingerprint density at radius 3 is 2.79 bits per heavy atom. The van der Waals surface area contributed by atoms with Crippen molar-refractivity contribution < 1.29 is 9.53 Å². The van der Waals surface area contributed by atoms with E-state index < -0.39 is 0 Å². The second kappa shape index (κ2) is 7.08. The van der Waals surface area contributed by atoms with Crippen molar-refractivity contribution in [1.29, 1.82) is 0 Å². The Bertz CT molecular complexity index is 405. The maximum absolute atomic E-state index is 10.6. The highest BCUT2D eigenvalue weighted by atomic mass is 32.2. The summed E-state index contributed by atoms with van der Waals surface area (Å²) in [6, 6.07) is 8.30. The Kier molecular flexibility index (Phi) is 5.43. The Balaban J connectivity index is 1.82. The minimum absolute atomic E-state index is 0.298. The largest absolute Gasteiger partial charge is 0.375 e. The molecule has 0 amide bonds. The molecule has 19 heavy (non-hydrogen) atoms.